The predicted octanol–water partition coefficient (Wildman–Crippen LogP) is 3.19. The number of carbonyl (C=O) groups excluding carboxylic acids is 1. The van der Waals surface area contributed by atoms with E-state index in [4.69, 9.17) is 4.52 Å². The highest BCUT2D eigenvalue weighted by Crippen LogP contribution is 2.22. The Kier molecular flexibility index (Phi) is 4.33. The molecule has 7 nitrogen and oxygen atoms in total. The molecule has 2 N–H and O–H groups in total. The van der Waals surface area contributed by atoms with Crippen molar-refractivity contribution >= 4 is 23.2 Å². The van der Waals surface area contributed by atoms with E-state index < -0.39 is 23.4 Å². The molecule has 1 aromatic carbocycles. The molecule has 10 heteroatoms. The van der Waals surface area contributed by atoms with Crippen LogP contribution in [0.25, 0.3) is 0 Å². The fourth-order valence-electron chi connectivity index (χ4n) is 1.89. The Balaban J connectivity index is 1.72. The van der Waals surface area contributed by atoms with Gasteiger partial charge in [0.1, 0.15) is 5.76 Å². The molecular formula is C15H10F3N5O2. The Morgan fingerprint density at radius 3 is 2.48 bits per heavy atom. The van der Waals surface area contributed by atoms with Gasteiger partial charge in [-0.3, -0.25) is 4.79 Å². The molecule has 0 atom stereocenters. The molecule has 2 aromatic heterocycles. The van der Waals surface area contributed by atoms with E-state index in [0.29, 0.717) is 5.76 Å². The molecule has 0 spiro atoms. The molecule has 0 unspecified atom stereocenters. The summed E-state index contributed by atoms with van der Waals surface area (Å²) in [7, 11) is 0. The van der Waals surface area contributed by atoms with Crippen LogP contribution < -0.4 is 10.6 Å². The van der Waals surface area contributed by atoms with Gasteiger partial charge in [-0.1, -0.05) is 5.16 Å². The molecule has 1 amide bonds. The van der Waals surface area contributed by atoms with E-state index >= 15 is 0 Å². The second kappa shape index (κ2) is 6.59. The lowest BCUT2D eigenvalue weighted by Gasteiger charge is -2.07. The molecular weight excluding hydrogens is 339 g/mol. The zero-order valence-electron chi connectivity index (χ0n) is 12.7. The van der Waals surface area contributed by atoms with Gasteiger partial charge in [0.05, 0.1) is 5.69 Å². The lowest BCUT2D eigenvalue weighted by molar-refractivity contribution is 0.102. The summed E-state index contributed by atoms with van der Waals surface area (Å²) in [6.45, 7) is 1.67. The first-order valence-corrected chi connectivity index (χ1v) is 6.93. The van der Waals surface area contributed by atoms with Crippen LogP contribution in [0.1, 0.15) is 16.2 Å². The average molecular weight is 349 g/mol. The maximum absolute atomic E-state index is 13.6. The molecule has 2 heterocycles. The van der Waals surface area contributed by atoms with Gasteiger partial charge in [0.2, 0.25) is 0 Å². The number of aromatic nitrogens is 3. The van der Waals surface area contributed by atoms with E-state index in [-0.39, 0.29) is 23.0 Å². The number of aryl methyl sites for hydroxylation is 1. The fraction of sp³-hybridized carbons (Fsp3) is 0.0667. The van der Waals surface area contributed by atoms with Crippen molar-refractivity contribution in [2.75, 3.05) is 10.6 Å². The largest absolute Gasteiger partial charge is 0.360 e. The summed E-state index contributed by atoms with van der Waals surface area (Å²) in [5, 5.41) is 15.9. The predicted molar refractivity (Wildman–Crippen MR) is 80.8 cm³/mol. The van der Waals surface area contributed by atoms with Crippen molar-refractivity contribution in [2.45, 2.75) is 6.92 Å². The van der Waals surface area contributed by atoms with Crippen LogP contribution in [0.2, 0.25) is 0 Å². The van der Waals surface area contributed by atoms with Gasteiger partial charge >= 0.3 is 0 Å². The minimum atomic E-state index is -1.60. The second-order valence-corrected chi connectivity index (χ2v) is 4.93. The van der Waals surface area contributed by atoms with Crippen LogP contribution in [0.3, 0.4) is 0 Å². The van der Waals surface area contributed by atoms with Gasteiger partial charge in [-0.15, -0.1) is 10.2 Å². The highest BCUT2D eigenvalue weighted by atomic mass is 19.2. The fourth-order valence-corrected chi connectivity index (χ4v) is 1.89. The molecule has 0 aliphatic carbocycles. The van der Waals surface area contributed by atoms with Crippen molar-refractivity contribution in [3.63, 3.8) is 0 Å². The Morgan fingerprint density at radius 2 is 1.84 bits per heavy atom. The molecule has 25 heavy (non-hydrogen) atoms. The molecule has 0 saturated carbocycles. The molecule has 0 fully saturated rings. The third kappa shape index (κ3) is 3.57. The van der Waals surface area contributed by atoms with Crippen molar-refractivity contribution in [3.05, 3.63) is 59.2 Å². The SMILES string of the molecule is Cc1cc(NC(=O)c2ccc(Nc3ccc(F)c(F)c3F)nn2)no1. The Bertz CT molecular complexity index is 927. The van der Waals surface area contributed by atoms with E-state index in [0.717, 1.165) is 12.1 Å². The van der Waals surface area contributed by atoms with E-state index in [2.05, 4.69) is 26.0 Å². The maximum atomic E-state index is 13.6. The molecule has 0 aliphatic rings. The van der Waals surface area contributed by atoms with Crippen LogP contribution in [-0.4, -0.2) is 21.3 Å². The van der Waals surface area contributed by atoms with Crippen LogP contribution in [0, 0.1) is 24.4 Å². The zero-order valence-corrected chi connectivity index (χ0v) is 12.7. The van der Waals surface area contributed by atoms with Crippen molar-refractivity contribution in [1.82, 2.24) is 15.4 Å². The first-order valence-electron chi connectivity index (χ1n) is 6.93. The summed E-state index contributed by atoms with van der Waals surface area (Å²) >= 11 is 0. The van der Waals surface area contributed by atoms with Crippen molar-refractivity contribution in [2.24, 2.45) is 0 Å². The molecule has 0 radical (unpaired) electrons. The number of halogens is 3. The molecule has 0 bridgehead atoms. The van der Waals surface area contributed by atoms with E-state index in [1.165, 1.54) is 18.2 Å². The minimum Gasteiger partial charge on any atom is -0.360 e. The van der Waals surface area contributed by atoms with E-state index in [1.54, 1.807) is 6.92 Å². The minimum absolute atomic E-state index is 0.0306. The standard InChI is InChI=1S/C15H10F3N5O2/c1-7-6-12(23-25-7)20-15(24)10-4-5-11(22-21-10)19-9-3-2-8(16)13(17)14(9)18/h2-6H,1H3,(H,19,22)(H,20,23,24). The number of anilines is 3. The average Bonchev–Trinajstić information content (AvgIpc) is 3.01. The highest BCUT2D eigenvalue weighted by Gasteiger charge is 2.15. The topological polar surface area (TPSA) is 92.9 Å². The summed E-state index contributed by atoms with van der Waals surface area (Å²) < 4.78 is 44.5. The Morgan fingerprint density at radius 1 is 1.04 bits per heavy atom. The van der Waals surface area contributed by atoms with Crippen molar-refractivity contribution in [3.8, 4) is 0 Å². The zero-order chi connectivity index (χ0) is 18.0. The van der Waals surface area contributed by atoms with Gasteiger partial charge < -0.3 is 15.2 Å². The maximum Gasteiger partial charge on any atom is 0.277 e. The Hall–Kier alpha value is -3.43. The number of benzene rings is 1. The number of nitrogens with one attached hydrogen (secondary N) is 2. The van der Waals surface area contributed by atoms with Gasteiger partial charge in [-0.05, 0) is 31.2 Å². The Labute approximate surface area is 138 Å². The summed E-state index contributed by atoms with van der Waals surface area (Å²) in [6.07, 6.45) is 0. The molecule has 0 saturated heterocycles. The van der Waals surface area contributed by atoms with Gasteiger partial charge in [0.25, 0.3) is 5.91 Å². The van der Waals surface area contributed by atoms with Crippen LogP contribution >= 0.6 is 0 Å². The molecule has 3 rings (SSSR count). The monoisotopic (exact) mass is 349 g/mol. The summed E-state index contributed by atoms with van der Waals surface area (Å²) in [5.41, 5.74) is -0.347. The van der Waals surface area contributed by atoms with Gasteiger partial charge in [-0.25, -0.2) is 13.2 Å². The smallest absolute Gasteiger partial charge is 0.277 e. The van der Waals surface area contributed by atoms with Gasteiger partial charge in [0.15, 0.2) is 34.8 Å². The van der Waals surface area contributed by atoms with Crippen LogP contribution in [-0.2, 0) is 0 Å². The second-order valence-electron chi connectivity index (χ2n) is 4.93. The lowest BCUT2D eigenvalue weighted by atomic mass is 10.2. The van der Waals surface area contributed by atoms with E-state index in [9.17, 15) is 18.0 Å². The van der Waals surface area contributed by atoms with Crippen molar-refractivity contribution < 1.29 is 22.5 Å². The number of carbonyl (C=O) groups is 1. The molecule has 0 aliphatic heterocycles. The van der Waals surface area contributed by atoms with Gasteiger partial charge in [-0.2, -0.15) is 0 Å². The quantitative estimate of drug-likeness (QED) is 0.703. The summed E-state index contributed by atoms with van der Waals surface area (Å²) in [4.78, 5) is 12.0. The lowest BCUT2D eigenvalue weighted by Crippen LogP contribution is -2.14. The normalized spacial score (nSPS) is 10.6. The third-order valence-electron chi connectivity index (χ3n) is 3.06. The summed E-state index contributed by atoms with van der Waals surface area (Å²) in [5.74, 6) is -4.08. The third-order valence-corrected chi connectivity index (χ3v) is 3.06. The molecule has 3 aromatic rings. The first kappa shape index (κ1) is 16.4. The number of nitrogens with zero attached hydrogens (tertiary/aromatic N) is 3. The van der Waals surface area contributed by atoms with Crippen LogP contribution in [0.15, 0.2) is 34.9 Å². The number of amides is 1. The van der Waals surface area contributed by atoms with Crippen LogP contribution in [0.4, 0.5) is 30.5 Å². The van der Waals surface area contributed by atoms with Crippen molar-refractivity contribution in [1.29, 1.82) is 0 Å². The highest BCUT2D eigenvalue weighted by molar-refractivity contribution is 6.02. The first-order chi connectivity index (χ1) is 11.9. The number of hydrogen-bond acceptors (Lipinski definition) is 6. The molecule has 128 valence electrons. The van der Waals surface area contributed by atoms with Gasteiger partial charge in [0, 0.05) is 6.07 Å². The van der Waals surface area contributed by atoms with Crippen LogP contribution in [0.5, 0.6) is 0 Å². The summed E-state index contributed by atoms with van der Waals surface area (Å²) in [6, 6.07) is 5.96. The van der Waals surface area contributed by atoms with E-state index in [1.807, 2.05) is 0 Å². The number of rotatable bonds is 4. The number of hydrogen-bond donors (Lipinski definition) is 2.